The van der Waals surface area contributed by atoms with Gasteiger partial charge in [0.25, 0.3) is 0 Å². The highest BCUT2D eigenvalue weighted by Crippen LogP contribution is 2.29. The number of halogens is 1. The topological polar surface area (TPSA) is 46.9 Å². The van der Waals surface area contributed by atoms with Crippen molar-refractivity contribution in [3.8, 4) is 11.3 Å². The van der Waals surface area contributed by atoms with E-state index in [4.69, 9.17) is 0 Å². The molecule has 4 nitrogen and oxygen atoms in total. The van der Waals surface area contributed by atoms with Crippen LogP contribution in [-0.4, -0.2) is 21.2 Å². The predicted molar refractivity (Wildman–Crippen MR) is 105 cm³/mol. The lowest BCUT2D eigenvalue weighted by Crippen LogP contribution is -2.14. The third-order valence-corrected chi connectivity index (χ3v) is 5.49. The smallest absolute Gasteiger partial charge is 0.228 e. The maximum Gasteiger partial charge on any atom is 0.228 e. The van der Waals surface area contributed by atoms with Crippen molar-refractivity contribution >= 4 is 39.3 Å². The van der Waals surface area contributed by atoms with Gasteiger partial charge in [-0.15, -0.1) is 0 Å². The molecule has 1 aromatic heterocycles. The van der Waals surface area contributed by atoms with E-state index in [1.54, 1.807) is 11.8 Å². The molecule has 3 aromatic rings. The van der Waals surface area contributed by atoms with Crippen LogP contribution in [0.1, 0.15) is 5.56 Å². The zero-order chi connectivity index (χ0) is 17.2. The number of carbonyl (C=O) groups excluding carboxylic acids is 1. The number of hydrogen-bond acceptors (Lipinski definition) is 3. The van der Waals surface area contributed by atoms with E-state index in [0.29, 0.717) is 6.42 Å². The van der Waals surface area contributed by atoms with Gasteiger partial charge in [0, 0.05) is 34.2 Å². The quantitative estimate of drug-likeness (QED) is 0.679. The van der Waals surface area contributed by atoms with Crippen molar-refractivity contribution in [1.82, 2.24) is 9.55 Å². The third kappa shape index (κ3) is 3.80. The minimum absolute atomic E-state index is 0.0248. The lowest BCUT2D eigenvalue weighted by atomic mass is 10.1. The van der Waals surface area contributed by atoms with E-state index >= 15 is 0 Å². The average molecular weight is 414 g/mol. The van der Waals surface area contributed by atoms with E-state index in [-0.39, 0.29) is 5.91 Å². The summed E-state index contributed by atoms with van der Waals surface area (Å²) in [5, 5.41) is 4.03. The molecule has 0 unspecified atom stereocenters. The van der Waals surface area contributed by atoms with Crippen LogP contribution in [0, 0.1) is 0 Å². The molecule has 4 rings (SSSR count). The van der Waals surface area contributed by atoms with Gasteiger partial charge in [0.05, 0.1) is 12.1 Å². The number of aryl methyl sites for hydroxylation is 1. The second-order valence-corrected chi connectivity index (χ2v) is 7.86. The van der Waals surface area contributed by atoms with E-state index in [9.17, 15) is 4.79 Å². The van der Waals surface area contributed by atoms with Crippen LogP contribution >= 0.6 is 27.7 Å². The summed E-state index contributed by atoms with van der Waals surface area (Å²) in [6, 6.07) is 15.6. The number of carbonyl (C=O) groups is 1. The fraction of sp³-hybridized carbons (Fsp3) is 0.158. The molecule has 1 aliphatic rings. The Hall–Kier alpha value is -2.05. The molecular weight excluding hydrogens is 398 g/mol. The van der Waals surface area contributed by atoms with Crippen LogP contribution in [0.25, 0.3) is 11.3 Å². The first-order chi connectivity index (χ1) is 12.2. The SMILES string of the molecule is O=C(Cc1cccc(Br)c1)Nc1ccc(-c2cn3c(n2)SCC3)cc1. The van der Waals surface area contributed by atoms with Crippen LogP contribution in [-0.2, 0) is 17.8 Å². The Kier molecular flexibility index (Phi) is 4.63. The molecule has 0 aliphatic carbocycles. The Morgan fingerprint density at radius 3 is 2.84 bits per heavy atom. The third-order valence-electron chi connectivity index (χ3n) is 4.02. The minimum atomic E-state index is -0.0248. The van der Waals surface area contributed by atoms with Gasteiger partial charge in [-0.05, 0) is 29.8 Å². The Morgan fingerprint density at radius 1 is 1.24 bits per heavy atom. The minimum Gasteiger partial charge on any atom is -0.326 e. The average Bonchev–Trinajstić information content (AvgIpc) is 3.17. The normalized spacial score (nSPS) is 12.8. The number of nitrogens with zero attached hydrogens (tertiary/aromatic N) is 2. The van der Waals surface area contributed by atoms with Crippen molar-refractivity contribution in [2.24, 2.45) is 0 Å². The number of hydrogen-bond donors (Lipinski definition) is 1. The van der Waals surface area contributed by atoms with Gasteiger partial charge in [-0.2, -0.15) is 0 Å². The van der Waals surface area contributed by atoms with E-state index in [1.807, 2.05) is 48.5 Å². The van der Waals surface area contributed by atoms with Gasteiger partial charge in [0.1, 0.15) is 0 Å². The van der Waals surface area contributed by atoms with Crippen molar-refractivity contribution in [1.29, 1.82) is 0 Å². The zero-order valence-electron chi connectivity index (χ0n) is 13.4. The van der Waals surface area contributed by atoms with Crippen molar-refractivity contribution in [2.75, 3.05) is 11.1 Å². The van der Waals surface area contributed by atoms with Gasteiger partial charge in [0.2, 0.25) is 5.91 Å². The van der Waals surface area contributed by atoms with Crippen molar-refractivity contribution in [3.05, 3.63) is 64.8 Å². The highest BCUT2D eigenvalue weighted by atomic mass is 79.9. The van der Waals surface area contributed by atoms with Gasteiger partial charge in [-0.25, -0.2) is 4.98 Å². The van der Waals surface area contributed by atoms with E-state index in [1.165, 1.54) is 0 Å². The van der Waals surface area contributed by atoms with Crippen LogP contribution < -0.4 is 5.32 Å². The number of fused-ring (bicyclic) bond motifs is 1. The number of aromatic nitrogens is 2. The van der Waals surface area contributed by atoms with Crippen LogP contribution in [0.5, 0.6) is 0 Å². The maximum atomic E-state index is 12.2. The molecule has 0 fully saturated rings. The fourth-order valence-corrected chi connectivity index (χ4v) is 4.20. The Balaban J connectivity index is 1.42. The van der Waals surface area contributed by atoms with Crippen LogP contribution in [0.3, 0.4) is 0 Å². The summed E-state index contributed by atoms with van der Waals surface area (Å²) in [5.41, 5.74) is 3.82. The number of anilines is 1. The maximum absolute atomic E-state index is 12.2. The molecule has 0 spiro atoms. The second-order valence-electron chi connectivity index (χ2n) is 5.88. The first kappa shape index (κ1) is 16.4. The molecule has 0 atom stereocenters. The number of imidazole rings is 1. The lowest BCUT2D eigenvalue weighted by molar-refractivity contribution is -0.115. The molecule has 2 aromatic carbocycles. The summed E-state index contributed by atoms with van der Waals surface area (Å²) in [7, 11) is 0. The largest absolute Gasteiger partial charge is 0.326 e. The van der Waals surface area contributed by atoms with Crippen molar-refractivity contribution in [2.45, 2.75) is 18.1 Å². The molecule has 0 saturated carbocycles. The summed E-state index contributed by atoms with van der Waals surface area (Å²) in [6.45, 7) is 1.02. The molecule has 126 valence electrons. The highest BCUT2D eigenvalue weighted by Gasteiger charge is 2.15. The number of amides is 1. The van der Waals surface area contributed by atoms with Crippen LogP contribution in [0.2, 0.25) is 0 Å². The summed E-state index contributed by atoms with van der Waals surface area (Å²) in [5.74, 6) is 1.08. The van der Waals surface area contributed by atoms with Gasteiger partial charge in [0.15, 0.2) is 5.16 Å². The highest BCUT2D eigenvalue weighted by molar-refractivity contribution is 9.10. The molecule has 1 aliphatic heterocycles. The summed E-state index contributed by atoms with van der Waals surface area (Å²) in [4.78, 5) is 16.8. The molecule has 0 bridgehead atoms. The summed E-state index contributed by atoms with van der Waals surface area (Å²) < 4.78 is 3.17. The number of nitrogens with one attached hydrogen (secondary N) is 1. The number of benzene rings is 2. The summed E-state index contributed by atoms with van der Waals surface area (Å²) in [6.07, 6.45) is 2.45. The predicted octanol–water partition coefficient (Wildman–Crippen LogP) is 4.60. The molecule has 1 amide bonds. The molecule has 1 N–H and O–H groups in total. The van der Waals surface area contributed by atoms with Gasteiger partial charge in [-0.1, -0.05) is 52.0 Å². The molecular formula is C19H16BrN3OS. The molecule has 0 radical (unpaired) electrons. The van der Waals surface area contributed by atoms with E-state index in [2.05, 4.69) is 37.0 Å². The first-order valence-electron chi connectivity index (χ1n) is 8.02. The molecule has 0 saturated heterocycles. The van der Waals surface area contributed by atoms with Gasteiger partial charge >= 0.3 is 0 Å². The molecule has 2 heterocycles. The second kappa shape index (κ2) is 7.06. The van der Waals surface area contributed by atoms with Crippen molar-refractivity contribution in [3.63, 3.8) is 0 Å². The monoisotopic (exact) mass is 413 g/mol. The Morgan fingerprint density at radius 2 is 2.08 bits per heavy atom. The van der Waals surface area contributed by atoms with E-state index < -0.39 is 0 Å². The first-order valence-corrected chi connectivity index (χ1v) is 9.80. The van der Waals surface area contributed by atoms with Gasteiger partial charge < -0.3 is 9.88 Å². The Labute approximate surface area is 158 Å². The van der Waals surface area contributed by atoms with E-state index in [0.717, 1.165) is 44.4 Å². The molecule has 6 heteroatoms. The zero-order valence-corrected chi connectivity index (χ0v) is 15.8. The van der Waals surface area contributed by atoms with Crippen LogP contribution in [0.15, 0.2) is 64.4 Å². The lowest BCUT2D eigenvalue weighted by Gasteiger charge is -2.06. The van der Waals surface area contributed by atoms with Crippen LogP contribution in [0.4, 0.5) is 5.69 Å². The standard InChI is InChI=1S/C19H16BrN3OS/c20-15-3-1-2-13(10-15)11-18(24)21-16-6-4-14(5-7-16)17-12-23-8-9-25-19(23)22-17/h1-7,10,12H,8-9,11H2,(H,21,24). The molecule has 25 heavy (non-hydrogen) atoms. The summed E-state index contributed by atoms with van der Waals surface area (Å²) >= 11 is 5.21. The number of thioether (sulfide) groups is 1. The van der Waals surface area contributed by atoms with Crippen molar-refractivity contribution < 1.29 is 4.79 Å². The number of rotatable bonds is 4. The Bertz CT molecular complexity index is 899. The van der Waals surface area contributed by atoms with Gasteiger partial charge in [-0.3, -0.25) is 4.79 Å². The fourth-order valence-electron chi connectivity index (χ4n) is 2.81.